The number of aliphatic hydroxyl groups is 3. The van der Waals surface area contributed by atoms with Crippen LogP contribution >= 0.6 is 11.3 Å². The molecule has 4 unspecified atom stereocenters. The Morgan fingerprint density at radius 3 is 2.89 bits per heavy atom. The number of thiophene rings is 1. The molecular formula is C11H12N2O5S. The van der Waals surface area contributed by atoms with E-state index in [2.05, 4.69) is 4.98 Å². The van der Waals surface area contributed by atoms with Crippen LogP contribution in [0.2, 0.25) is 0 Å². The molecule has 3 N–H and O–H groups in total. The van der Waals surface area contributed by atoms with Crippen molar-refractivity contribution in [2.45, 2.75) is 24.5 Å². The van der Waals surface area contributed by atoms with Crippen LogP contribution in [-0.4, -0.2) is 49.8 Å². The highest BCUT2D eigenvalue weighted by Crippen LogP contribution is 2.28. The van der Waals surface area contributed by atoms with E-state index < -0.39 is 31.1 Å². The summed E-state index contributed by atoms with van der Waals surface area (Å²) in [5, 5.41) is 30.8. The maximum atomic E-state index is 12.2. The van der Waals surface area contributed by atoms with Crippen LogP contribution in [0.4, 0.5) is 0 Å². The summed E-state index contributed by atoms with van der Waals surface area (Å²) in [5.41, 5.74) is -0.346. The molecule has 1 fully saturated rings. The number of fused-ring (bicyclic) bond motifs is 1. The first-order chi connectivity index (χ1) is 9.13. The fourth-order valence-electron chi connectivity index (χ4n) is 2.16. The quantitative estimate of drug-likeness (QED) is 0.658. The molecule has 2 aromatic rings. The summed E-state index contributed by atoms with van der Waals surface area (Å²) in [7, 11) is 0. The van der Waals surface area contributed by atoms with Crippen LogP contribution < -0.4 is 5.56 Å². The van der Waals surface area contributed by atoms with Crippen LogP contribution in [-0.2, 0) is 4.74 Å². The van der Waals surface area contributed by atoms with Gasteiger partial charge in [-0.15, -0.1) is 11.3 Å². The second-order valence-electron chi connectivity index (χ2n) is 4.33. The standard InChI is InChI=1S/C11H12N2O5S/c14-3-6-7(15)8(16)11(18-6)13-4-12-9-5(10(13)17)1-2-19-9/h1-2,4,6-8,11,14-16H,3H2. The topological polar surface area (TPSA) is 105 Å². The van der Waals surface area contributed by atoms with Gasteiger partial charge in [-0.1, -0.05) is 0 Å². The molecule has 19 heavy (non-hydrogen) atoms. The molecule has 1 saturated heterocycles. The minimum Gasteiger partial charge on any atom is -0.394 e. The Morgan fingerprint density at radius 1 is 1.42 bits per heavy atom. The van der Waals surface area contributed by atoms with Crippen LogP contribution in [0.5, 0.6) is 0 Å². The summed E-state index contributed by atoms with van der Waals surface area (Å²) in [6.45, 7) is -0.433. The van der Waals surface area contributed by atoms with E-state index in [1.807, 2.05) is 0 Å². The predicted octanol–water partition coefficient (Wildman–Crippen LogP) is -0.931. The summed E-state index contributed by atoms with van der Waals surface area (Å²) in [5.74, 6) is 0. The summed E-state index contributed by atoms with van der Waals surface area (Å²) in [4.78, 5) is 16.9. The van der Waals surface area contributed by atoms with E-state index in [0.717, 1.165) is 4.57 Å². The normalized spacial score (nSPS) is 31.1. The van der Waals surface area contributed by atoms with Crippen LogP contribution in [0.15, 0.2) is 22.6 Å². The van der Waals surface area contributed by atoms with Gasteiger partial charge in [-0.25, -0.2) is 4.98 Å². The average molecular weight is 284 g/mol. The van der Waals surface area contributed by atoms with Crippen molar-refractivity contribution in [3.05, 3.63) is 28.1 Å². The van der Waals surface area contributed by atoms with Crippen molar-refractivity contribution < 1.29 is 20.1 Å². The fraction of sp³-hybridized carbons (Fsp3) is 0.455. The van der Waals surface area contributed by atoms with E-state index >= 15 is 0 Å². The molecule has 1 aliphatic rings. The molecule has 3 rings (SSSR count). The van der Waals surface area contributed by atoms with Crippen molar-refractivity contribution in [1.82, 2.24) is 9.55 Å². The molecule has 1 aliphatic heterocycles. The zero-order valence-corrected chi connectivity index (χ0v) is 10.5. The number of aliphatic hydroxyl groups excluding tert-OH is 3. The SMILES string of the molecule is O=c1c2ccsc2ncn1C1OC(CO)C(O)C1O. The van der Waals surface area contributed by atoms with E-state index in [0.29, 0.717) is 10.2 Å². The molecule has 0 saturated carbocycles. The average Bonchev–Trinajstić information content (AvgIpc) is 2.98. The van der Waals surface area contributed by atoms with Crippen LogP contribution in [0.25, 0.3) is 10.2 Å². The van der Waals surface area contributed by atoms with Gasteiger partial charge in [-0.2, -0.15) is 0 Å². The molecule has 0 radical (unpaired) electrons. The molecule has 8 heteroatoms. The van der Waals surface area contributed by atoms with E-state index in [1.54, 1.807) is 11.4 Å². The first-order valence-corrected chi connectivity index (χ1v) is 6.58. The molecule has 4 atom stereocenters. The maximum absolute atomic E-state index is 12.2. The van der Waals surface area contributed by atoms with Crippen molar-refractivity contribution in [2.24, 2.45) is 0 Å². The third-order valence-corrected chi connectivity index (χ3v) is 4.02. The summed E-state index contributed by atoms with van der Waals surface area (Å²) in [6, 6.07) is 1.65. The Morgan fingerprint density at radius 2 is 2.21 bits per heavy atom. The lowest BCUT2D eigenvalue weighted by Crippen LogP contribution is -2.35. The maximum Gasteiger partial charge on any atom is 0.264 e. The van der Waals surface area contributed by atoms with Gasteiger partial charge in [0.2, 0.25) is 0 Å². The van der Waals surface area contributed by atoms with Crippen molar-refractivity contribution >= 4 is 21.6 Å². The molecule has 0 aromatic carbocycles. The highest BCUT2D eigenvalue weighted by Gasteiger charge is 2.43. The van der Waals surface area contributed by atoms with Gasteiger partial charge in [-0.3, -0.25) is 9.36 Å². The molecule has 2 aromatic heterocycles. The van der Waals surface area contributed by atoms with Crippen molar-refractivity contribution in [3.8, 4) is 0 Å². The van der Waals surface area contributed by atoms with Crippen LogP contribution in [0.3, 0.4) is 0 Å². The molecule has 0 amide bonds. The fourth-order valence-corrected chi connectivity index (χ4v) is 2.88. The lowest BCUT2D eigenvalue weighted by molar-refractivity contribution is -0.0545. The first kappa shape index (κ1) is 12.7. The summed E-state index contributed by atoms with van der Waals surface area (Å²) < 4.78 is 6.44. The molecule has 0 bridgehead atoms. The van der Waals surface area contributed by atoms with E-state index in [1.165, 1.54) is 17.7 Å². The van der Waals surface area contributed by atoms with Gasteiger partial charge in [0.25, 0.3) is 5.56 Å². The molecule has 0 spiro atoms. The van der Waals surface area contributed by atoms with Gasteiger partial charge in [0.1, 0.15) is 29.5 Å². The largest absolute Gasteiger partial charge is 0.394 e. The van der Waals surface area contributed by atoms with Gasteiger partial charge in [-0.05, 0) is 11.4 Å². The van der Waals surface area contributed by atoms with Crippen molar-refractivity contribution in [1.29, 1.82) is 0 Å². The van der Waals surface area contributed by atoms with Gasteiger partial charge < -0.3 is 20.1 Å². The minimum absolute atomic E-state index is 0.346. The van der Waals surface area contributed by atoms with E-state index in [-0.39, 0.29) is 5.56 Å². The third kappa shape index (κ3) is 1.88. The Labute approximate surface area is 111 Å². The Kier molecular flexibility index (Phi) is 3.11. The number of aromatic nitrogens is 2. The summed E-state index contributed by atoms with van der Waals surface area (Å²) in [6.07, 6.45) is -3.20. The Bertz CT molecular complexity index is 654. The minimum atomic E-state index is -1.28. The lowest BCUT2D eigenvalue weighted by Gasteiger charge is -2.16. The van der Waals surface area contributed by atoms with Crippen LogP contribution in [0, 0.1) is 0 Å². The molecule has 102 valence electrons. The van der Waals surface area contributed by atoms with Crippen molar-refractivity contribution in [2.75, 3.05) is 6.61 Å². The number of nitrogens with zero attached hydrogens (tertiary/aromatic N) is 2. The van der Waals surface area contributed by atoms with Gasteiger partial charge in [0.15, 0.2) is 6.23 Å². The van der Waals surface area contributed by atoms with E-state index in [4.69, 9.17) is 9.84 Å². The monoisotopic (exact) mass is 284 g/mol. The highest BCUT2D eigenvalue weighted by molar-refractivity contribution is 7.16. The second-order valence-corrected chi connectivity index (χ2v) is 5.22. The highest BCUT2D eigenvalue weighted by atomic mass is 32.1. The summed E-state index contributed by atoms with van der Waals surface area (Å²) >= 11 is 1.34. The van der Waals surface area contributed by atoms with E-state index in [9.17, 15) is 15.0 Å². The zero-order valence-electron chi connectivity index (χ0n) is 9.71. The number of rotatable bonds is 2. The smallest absolute Gasteiger partial charge is 0.264 e. The number of hydrogen-bond donors (Lipinski definition) is 3. The Hall–Kier alpha value is -1.32. The predicted molar refractivity (Wildman–Crippen MR) is 66.9 cm³/mol. The second kappa shape index (κ2) is 4.66. The third-order valence-electron chi connectivity index (χ3n) is 3.20. The molecule has 3 heterocycles. The van der Waals surface area contributed by atoms with Gasteiger partial charge in [0, 0.05) is 0 Å². The zero-order chi connectivity index (χ0) is 13.6. The lowest BCUT2D eigenvalue weighted by atomic mass is 10.1. The Balaban J connectivity index is 2.05. The first-order valence-electron chi connectivity index (χ1n) is 5.70. The van der Waals surface area contributed by atoms with Crippen LogP contribution in [0.1, 0.15) is 6.23 Å². The number of hydrogen-bond acceptors (Lipinski definition) is 7. The van der Waals surface area contributed by atoms with Gasteiger partial charge in [0.05, 0.1) is 12.0 Å². The van der Waals surface area contributed by atoms with Gasteiger partial charge >= 0.3 is 0 Å². The van der Waals surface area contributed by atoms with Crippen molar-refractivity contribution in [3.63, 3.8) is 0 Å². The molecule has 7 nitrogen and oxygen atoms in total. The molecular weight excluding hydrogens is 272 g/mol. The number of ether oxygens (including phenoxy) is 1. The molecule has 0 aliphatic carbocycles.